The molecule has 116 valence electrons. The highest BCUT2D eigenvalue weighted by Crippen LogP contribution is 2.11. The zero-order valence-corrected chi connectivity index (χ0v) is 13.7. The third-order valence-electron chi connectivity index (χ3n) is 3.33. The highest BCUT2D eigenvalue weighted by atomic mass is 32.2. The summed E-state index contributed by atoms with van der Waals surface area (Å²) in [6.45, 7) is 3.79. The molecule has 0 saturated carbocycles. The van der Waals surface area contributed by atoms with Gasteiger partial charge in [0.2, 0.25) is 5.91 Å². The van der Waals surface area contributed by atoms with Gasteiger partial charge in [-0.05, 0) is 38.7 Å². The fourth-order valence-corrected chi connectivity index (χ4v) is 2.50. The molecule has 0 aliphatic heterocycles. The molecular weight excluding hydrogens is 298 g/mol. The van der Waals surface area contributed by atoms with E-state index in [1.165, 1.54) is 11.8 Å². The van der Waals surface area contributed by atoms with Crippen LogP contribution in [-0.2, 0) is 11.2 Å². The van der Waals surface area contributed by atoms with Gasteiger partial charge in [-0.3, -0.25) is 9.59 Å². The van der Waals surface area contributed by atoms with Crippen molar-refractivity contribution in [2.24, 2.45) is 0 Å². The molecule has 0 aliphatic rings. The molecule has 6 heteroatoms. The van der Waals surface area contributed by atoms with Crippen molar-refractivity contribution in [2.45, 2.75) is 31.8 Å². The second kappa shape index (κ2) is 7.26. The van der Waals surface area contributed by atoms with Crippen molar-refractivity contribution in [1.82, 2.24) is 9.97 Å². The molecule has 0 atom stereocenters. The molecule has 0 bridgehead atoms. The van der Waals surface area contributed by atoms with E-state index in [9.17, 15) is 9.59 Å². The summed E-state index contributed by atoms with van der Waals surface area (Å²) in [7, 11) is 0. The first-order valence-corrected chi connectivity index (χ1v) is 8.22. The van der Waals surface area contributed by atoms with E-state index in [1.54, 1.807) is 6.92 Å². The van der Waals surface area contributed by atoms with E-state index in [0.29, 0.717) is 22.8 Å². The highest BCUT2D eigenvalue weighted by Gasteiger charge is 2.10. The molecule has 0 unspecified atom stereocenters. The number of benzene rings is 1. The molecule has 0 fully saturated rings. The van der Waals surface area contributed by atoms with Crippen LogP contribution in [0.25, 0.3) is 0 Å². The minimum Gasteiger partial charge on any atom is -0.326 e. The van der Waals surface area contributed by atoms with Crippen molar-refractivity contribution in [3.05, 3.63) is 51.4 Å². The van der Waals surface area contributed by atoms with Gasteiger partial charge in [-0.15, -0.1) is 0 Å². The number of carbonyl (C=O) groups is 1. The van der Waals surface area contributed by atoms with Gasteiger partial charge in [-0.1, -0.05) is 29.5 Å². The molecule has 2 rings (SSSR count). The Labute approximate surface area is 133 Å². The summed E-state index contributed by atoms with van der Waals surface area (Å²) >= 11 is 1.39. The number of H-pyrrole nitrogens is 1. The number of carbonyl (C=O) groups excluding carboxylic acids is 1. The van der Waals surface area contributed by atoms with Gasteiger partial charge < -0.3 is 10.3 Å². The summed E-state index contributed by atoms with van der Waals surface area (Å²) in [5, 5.41) is 3.42. The average Bonchev–Trinajstić information content (AvgIpc) is 2.48. The predicted octanol–water partition coefficient (Wildman–Crippen LogP) is 2.68. The molecule has 1 aromatic heterocycles. The lowest BCUT2D eigenvalue weighted by molar-refractivity contribution is -0.116. The Bertz CT molecular complexity index is 723. The van der Waals surface area contributed by atoms with Crippen LogP contribution in [0.15, 0.2) is 34.2 Å². The van der Waals surface area contributed by atoms with Crippen molar-refractivity contribution < 1.29 is 4.79 Å². The second-order valence-electron chi connectivity index (χ2n) is 5.05. The monoisotopic (exact) mass is 317 g/mol. The maximum absolute atomic E-state index is 12.0. The van der Waals surface area contributed by atoms with Crippen LogP contribution in [0.1, 0.15) is 23.2 Å². The number of aromatic nitrogens is 2. The third kappa shape index (κ3) is 4.21. The maximum atomic E-state index is 12.0. The molecule has 0 radical (unpaired) electrons. The lowest BCUT2D eigenvalue weighted by atomic mass is 10.1. The number of thioether (sulfide) groups is 1. The standard InChI is InChI=1S/C16H19N3O2S/c1-10-4-6-12(7-5-10)18-14(20)9-8-13-11(2)17-16(22-3)19-15(13)21/h4-7H,8-9H2,1-3H3,(H,18,20)(H,17,19,21). The molecular formula is C16H19N3O2S. The molecule has 0 saturated heterocycles. The van der Waals surface area contributed by atoms with E-state index in [4.69, 9.17) is 0 Å². The first-order valence-electron chi connectivity index (χ1n) is 7.00. The quantitative estimate of drug-likeness (QED) is 0.657. The molecule has 1 heterocycles. The fourth-order valence-electron chi connectivity index (χ4n) is 2.07. The number of rotatable bonds is 5. The minimum atomic E-state index is -0.167. The molecule has 2 aromatic rings. The molecule has 22 heavy (non-hydrogen) atoms. The van der Waals surface area contributed by atoms with Crippen molar-refractivity contribution in [2.75, 3.05) is 11.6 Å². The first kappa shape index (κ1) is 16.3. The Hall–Kier alpha value is -2.08. The Balaban J connectivity index is 1.99. The van der Waals surface area contributed by atoms with Crippen LogP contribution in [-0.4, -0.2) is 22.1 Å². The molecule has 0 spiro atoms. The zero-order chi connectivity index (χ0) is 16.1. The second-order valence-corrected chi connectivity index (χ2v) is 5.85. The summed E-state index contributed by atoms with van der Waals surface area (Å²) < 4.78 is 0. The van der Waals surface area contributed by atoms with Crippen LogP contribution in [0.3, 0.4) is 0 Å². The van der Waals surface area contributed by atoms with Gasteiger partial charge in [0.05, 0.1) is 0 Å². The van der Waals surface area contributed by atoms with E-state index < -0.39 is 0 Å². The first-order chi connectivity index (χ1) is 10.5. The molecule has 5 nitrogen and oxygen atoms in total. The van der Waals surface area contributed by atoms with Gasteiger partial charge >= 0.3 is 0 Å². The Morgan fingerprint density at radius 2 is 1.95 bits per heavy atom. The lowest BCUT2D eigenvalue weighted by Crippen LogP contribution is -2.20. The van der Waals surface area contributed by atoms with Gasteiger partial charge in [0.25, 0.3) is 5.56 Å². The Morgan fingerprint density at radius 3 is 2.55 bits per heavy atom. The number of amides is 1. The fraction of sp³-hybridized carbons (Fsp3) is 0.312. The topological polar surface area (TPSA) is 74.8 Å². The Kier molecular flexibility index (Phi) is 5.38. The highest BCUT2D eigenvalue weighted by molar-refractivity contribution is 7.98. The van der Waals surface area contributed by atoms with Crippen LogP contribution in [0, 0.1) is 13.8 Å². The molecule has 1 amide bonds. The van der Waals surface area contributed by atoms with Crippen molar-refractivity contribution in [1.29, 1.82) is 0 Å². The number of anilines is 1. The maximum Gasteiger partial charge on any atom is 0.254 e. The van der Waals surface area contributed by atoms with Crippen LogP contribution < -0.4 is 10.9 Å². The van der Waals surface area contributed by atoms with Crippen molar-refractivity contribution >= 4 is 23.4 Å². The molecule has 1 aromatic carbocycles. The SMILES string of the molecule is CSc1nc(C)c(CCC(=O)Nc2ccc(C)cc2)c(=O)[nH]1. The van der Waals surface area contributed by atoms with Crippen LogP contribution >= 0.6 is 11.8 Å². The van der Waals surface area contributed by atoms with E-state index in [0.717, 1.165) is 11.3 Å². The van der Waals surface area contributed by atoms with Crippen LogP contribution in [0.4, 0.5) is 5.69 Å². The lowest BCUT2D eigenvalue weighted by Gasteiger charge is -2.07. The largest absolute Gasteiger partial charge is 0.326 e. The number of hydrogen-bond donors (Lipinski definition) is 2. The molecule has 2 N–H and O–H groups in total. The van der Waals surface area contributed by atoms with Gasteiger partial charge in [-0.2, -0.15) is 0 Å². The van der Waals surface area contributed by atoms with Crippen molar-refractivity contribution in [3.8, 4) is 0 Å². The number of nitrogens with one attached hydrogen (secondary N) is 2. The third-order valence-corrected chi connectivity index (χ3v) is 3.91. The van der Waals surface area contributed by atoms with E-state index in [1.807, 2.05) is 37.4 Å². The summed E-state index contributed by atoms with van der Waals surface area (Å²) in [6, 6.07) is 7.60. The average molecular weight is 317 g/mol. The van der Waals surface area contributed by atoms with E-state index in [-0.39, 0.29) is 17.9 Å². The van der Waals surface area contributed by atoms with Gasteiger partial charge in [-0.25, -0.2) is 4.98 Å². The van der Waals surface area contributed by atoms with Gasteiger partial charge in [0.1, 0.15) is 0 Å². The number of aryl methyl sites for hydroxylation is 2. The predicted molar refractivity (Wildman–Crippen MR) is 89.5 cm³/mol. The molecule has 0 aliphatic carbocycles. The van der Waals surface area contributed by atoms with Crippen molar-refractivity contribution in [3.63, 3.8) is 0 Å². The van der Waals surface area contributed by atoms with Gasteiger partial charge in [0, 0.05) is 23.4 Å². The summed E-state index contributed by atoms with van der Waals surface area (Å²) in [5.74, 6) is -0.114. The zero-order valence-electron chi connectivity index (χ0n) is 12.9. The normalized spacial score (nSPS) is 10.5. The van der Waals surface area contributed by atoms with Crippen LogP contribution in [0.2, 0.25) is 0 Å². The number of hydrogen-bond acceptors (Lipinski definition) is 4. The summed E-state index contributed by atoms with van der Waals surface area (Å²) in [6.07, 6.45) is 2.48. The number of nitrogens with zero attached hydrogens (tertiary/aromatic N) is 1. The van der Waals surface area contributed by atoms with Gasteiger partial charge in [0.15, 0.2) is 5.16 Å². The number of aromatic amines is 1. The summed E-state index contributed by atoms with van der Waals surface area (Å²) in [4.78, 5) is 31.0. The van der Waals surface area contributed by atoms with E-state index in [2.05, 4.69) is 15.3 Å². The minimum absolute atomic E-state index is 0.114. The summed E-state index contributed by atoms with van der Waals surface area (Å²) in [5.41, 5.74) is 2.98. The van der Waals surface area contributed by atoms with Crippen LogP contribution in [0.5, 0.6) is 0 Å². The van der Waals surface area contributed by atoms with E-state index >= 15 is 0 Å². The Morgan fingerprint density at radius 1 is 1.27 bits per heavy atom. The smallest absolute Gasteiger partial charge is 0.254 e.